The monoisotopic (exact) mass is 318 g/mol. The number of carboxylic acid groups (broad SMARTS) is 1. The van der Waals surface area contributed by atoms with Crippen molar-refractivity contribution < 1.29 is 23.1 Å². The highest BCUT2D eigenvalue weighted by Gasteiger charge is 2.48. The van der Waals surface area contributed by atoms with Crippen LogP contribution in [-0.2, 0) is 26.2 Å². The predicted molar refractivity (Wildman–Crippen MR) is 71.6 cm³/mol. The van der Waals surface area contributed by atoms with Gasteiger partial charge in [0.1, 0.15) is 4.21 Å². The second-order valence-electron chi connectivity index (χ2n) is 4.43. The van der Waals surface area contributed by atoms with E-state index in [1.165, 1.54) is 13.1 Å². The minimum absolute atomic E-state index is 0.180. The van der Waals surface area contributed by atoms with E-state index < -0.39 is 27.8 Å². The molecule has 2 atom stereocenters. The van der Waals surface area contributed by atoms with Gasteiger partial charge in [0.05, 0.1) is 18.4 Å². The van der Waals surface area contributed by atoms with E-state index in [-0.39, 0.29) is 16.7 Å². The third kappa shape index (κ3) is 3.17. The zero-order valence-corrected chi connectivity index (χ0v) is 12.3. The Morgan fingerprint density at radius 3 is 2.65 bits per heavy atom. The van der Waals surface area contributed by atoms with Gasteiger partial charge in [-0.25, -0.2) is 13.1 Å². The van der Waals surface area contributed by atoms with Crippen LogP contribution in [0.2, 0.25) is 0 Å². The third-order valence-corrected chi connectivity index (χ3v) is 6.04. The van der Waals surface area contributed by atoms with Gasteiger partial charge in [-0.2, -0.15) is 0 Å². The molecule has 0 radical (unpaired) electrons. The van der Waals surface area contributed by atoms with Crippen molar-refractivity contribution in [2.24, 2.45) is 11.8 Å². The van der Waals surface area contributed by atoms with Crippen molar-refractivity contribution in [3.63, 3.8) is 0 Å². The average Bonchev–Trinajstić information content (AvgIpc) is 3.07. The number of carbonyl (C=O) groups is 2. The van der Waals surface area contributed by atoms with E-state index in [0.717, 1.165) is 11.3 Å². The van der Waals surface area contributed by atoms with Gasteiger partial charge in [0.15, 0.2) is 0 Å². The predicted octanol–water partition coefficient (Wildman–Crippen LogP) is -0.00690. The molecular weight excluding hydrogens is 304 g/mol. The highest BCUT2D eigenvalue weighted by Crippen LogP contribution is 2.38. The lowest BCUT2D eigenvalue weighted by atomic mass is 10.3. The lowest BCUT2D eigenvalue weighted by Gasteiger charge is -2.02. The number of amides is 1. The van der Waals surface area contributed by atoms with Crippen molar-refractivity contribution in [3.05, 3.63) is 17.0 Å². The molecule has 0 bridgehead atoms. The number of thiophene rings is 1. The molecule has 0 spiro atoms. The van der Waals surface area contributed by atoms with E-state index in [1.54, 1.807) is 6.07 Å². The Bertz CT molecular complexity index is 637. The van der Waals surface area contributed by atoms with Gasteiger partial charge >= 0.3 is 5.97 Å². The van der Waals surface area contributed by atoms with Gasteiger partial charge in [-0.05, 0) is 25.6 Å². The summed E-state index contributed by atoms with van der Waals surface area (Å²) in [4.78, 5) is 23.0. The fourth-order valence-electron chi connectivity index (χ4n) is 1.76. The third-order valence-electron chi connectivity index (χ3n) is 3.05. The molecule has 0 aliphatic heterocycles. The highest BCUT2D eigenvalue weighted by molar-refractivity contribution is 7.91. The number of hydrogen-bond acceptors (Lipinski definition) is 5. The Morgan fingerprint density at radius 1 is 1.40 bits per heavy atom. The van der Waals surface area contributed by atoms with E-state index in [4.69, 9.17) is 5.11 Å². The first-order valence-corrected chi connectivity index (χ1v) is 8.18. The van der Waals surface area contributed by atoms with Crippen LogP contribution in [0.3, 0.4) is 0 Å². The molecule has 2 unspecified atom stereocenters. The van der Waals surface area contributed by atoms with E-state index in [1.807, 2.05) is 0 Å². The Kier molecular flexibility index (Phi) is 4.11. The number of aliphatic carboxylic acids is 1. The first-order chi connectivity index (χ1) is 9.35. The maximum Gasteiger partial charge on any atom is 0.307 e. The summed E-state index contributed by atoms with van der Waals surface area (Å²) >= 11 is 1.06. The van der Waals surface area contributed by atoms with Crippen LogP contribution in [0.15, 0.2) is 16.3 Å². The molecule has 1 aromatic heterocycles. The number of rotatable bonds is 6. The van der Waals surface area contributed by atoms with Gasteiger partial charge in [0.25, 0.3) is 0 Å². The van der Waals surface area contributed by atoms with Crippen molar-refractivity contribution >= 4 is 33.2 Å². The molecule has 9 heteroatoms. The van der Waals surface area contributed by atoms with Gasteiger partial charge < -0.3 is 10.4 Å². The maximum absolute atomic E-state index is 11.7. The lowest BCUT2D eigenvalue weighted by Crippen LogP contribution is -2.25. The zero-order valence-electron chi connectivity index (χ0n) is 10.6. The van der Waals surface area contributed by atoms with E-state index in [0.29, 0.717) is 11.3 Å². The minimum Gasteiger partial charge on any atom is -0.481 e. The molecule has 20 heavy (non-hydrogen) atoms. The molecule has 0 aromatic carbocycles. The molecule has 1 aromatic rings. The van der Waals surface area contributed by atoms with Crippen molar-refractivity contribution in [1.82, 2.24) is 10.0 Å². The molecule has 1 aliphatic rings. The van der Waals surface area contributed by atoms with Crippen LogP contribution in [0.4, 0.5) is 0 Å². The van der Waals surface area contributed by atoms with Gasteiger partial charge in [0, 0.05) is 4.88 Å². The van der Waals surface area contributed by atoms with Crippen LogP contribution in [0.1, 0.15) is 11.3 Å². The molecule has 1 fully saturated rings. The zero-order chi connectivity index (χ0) is 14.9. The molecule has 3 N–H and O–H groups in total. The van der Waals surface area contributed by atoms with Gasteiger partial charge in [-0.1, -0.05) is 0 Å². The summed E-state index contributed by atoms with van der Waals surface area (Å²) in [6.07, 6.45) is 0.366. The Labute approximate surface area is 120 Å². The topological polar surface area (TPSA) is 113 Å². The summed E-state index contributed by atoms with van der Waals surface area (Å²) in [5.41, 5.74) is 0. The summed E-state index contributed by atoms with van der Waals surface area (Å²) in [7, 11) is -2.13. The Hall–Kier alpha value is -1.45. The van der Waals surface area contributed by atoms with Crippen LogP contribution < -0.4 is 10.0 Å². The van der Waals surface area contributed by atoms with Gasteiger partial charge in [0.2, 0.25) is 15.9 Å². The fourth-order valence-corrected chi connectivity index (χ4v) is 3.89. The fraction of sp³-hybridized carbons (Fsp3) is 0.455. The number of sulfonamides is 1. The quantitative estimate of drug-likeness (QED) is 0.683. The standard InChI is InChI=1S/C11H14N2O5S2/c1-12-20(17,18)9-3-2-6(19-9)5-13-10(14)7-4-8(7)11(15)16/h2-3,7-8,12H,4-5H2,1H3,(H,13,14)(H,15,16). The molecule has 7 nitrogen and oxygen atoms in total. The van der Waals surface area contributed by atoms with Crippen molar-refractivity contribution in [2.75, 3.05) is 7.05 Å². The van der Waals surface area contributed by atoms with Crippen molar-refractivity contribution in [2.45, 2.75) is 17.2 Å². The Morgan fingerprint density at radius 2 is 2.10 bits per heavy atom. The summed E-state index contributed by atoms with van der Waals surface area (Å²) < 4.78 is 25.5. The molecule has 1 aliphatic carbocycles. The highest BCUT2D eigenvalue weighted by atomic mass is 32.2. The summed E-state index contributed by atoms with van der Waals surface area (Å²) in [5, 5.41) is 11.3. The number of carbonyl (C=O) groups excluding carboxylic acids is 1. The van der Waals surface area contributed by atoms with Gasteiger partial charge in [-0.3, -0.25) is 9.59 Å². The summed E-state index contributed by atoms with van der Waals surface area (Å²) in [6.45, 7) is 0.200. The number of carboxylic acids is 1. The second kappa shape index (κ2) is 5.51. The van der Waals surface area contributed by atoms with E-state index in [9.17, 15) is 18.0 Å². The second-order valence-corrected chi connectivity index (χ2v) is 7.71. The minimum atomic E-state index is -3.46. The summed E-state index contributed by atoms with van der Waals surface area (Å²) in [5.74, 6) is -2.31. The number of hydrogen-bond donors (Lipinski definition) is 3. The van der Waals surface area contributed by atoms with Crippen molar-refractivity contribution in [1.29, 1.82) is 0 Å². The number of nitrogens with one attached hydrogen (secondary N) is 2. The van der Waals surface area contributed by atoms with E-state index >= 15 is 0 Å². The molecule has 1 saturated carbocycles. The SMILES string of the molecule is CNS(=O)(=O)c1ccc(CNC(=O)C2CC2C(=O)O)s1. The first kappa shape index (κ1) is 14.9. The van der Waals surface area contributed by atoms with Crippen LogP contribution in [-0.4, -0.2) is 32.4 Å². The van der Waals surface area contributed by atoms with Gasteiger partial charge in [-0.15, -0.1) is 11.3 Å². The van der Waals surface area contributed by atoms with E-state index in [2.05, 4.69) is 10.0 Å². The van der Waals surface area contributed by atoms with Crippen molar-refractivity contribution in [3.8, 4) is 0 Å². The average molecular weight is 318 g/mol. The molecule has 1 heterocycles. The summed E-state index contributed by atoms with van der Waals surface area (Å²) in [6, 6.07) is 3.09. The molecular formula is C11H14N2O5S2. The normalized spacial score (nSPS) is 21.4. The molecule has 2 rings (SSSR count). The lowest BCUT2D eigenvalue weighted by molar-refractivity contribution is -0.140. The molecule has 1 amide bonds. The van der Waals surface area contributed by atoms with Crippen LogP contribution in [0, 0.1) is 11.8 Å². The van der Waals surface area contributed by atoms with Crippen LogP contribution in [0.25, 0.3) is 0 Å². The Balaban J connectivity index is 1.90. The van der Waals surface area contributed by atoms with Crippen LogP contribution in [0.5, 0.6) is 0 Å². The largest absolute Gasteiger partial charge is 0.481 e. The molecule has 110 valence electrons. The van der Waals surface area contributed by atoms with Crippen LogP contribution >= 0.6 is 11.3 Å². The maximum atomic E-state index is 11.7. The smallest absolute Gasteiger partial charge is 0.307 e. The molecule has 0 saturated heterocycles. The first-order valence-electron chi connectivity index (χ1n) is 5.88.